The third-order valence-corrected chi connectivity index (χ3v) is 4.06. The molecule has 3 nitrogen and oxygen atoms in total. The maximum absolute atomic E-state index is 13.1. The van der Waals surface area contributed by atoms with Crippen molar-refractivity contribution in [2.75, 3.05) is 0 Å². The normalized spacial score (nSPS) is 20.3. The van der Waals surface area contributed by atoms with E-state index in [1.165, 1.54) is 0 Å². The Morgan fingerprint density at radius 1 is 0.917 bits per heavy atom. The fourth-order valence-corrected chi connectivity index (χ4v) is 2.11. The van der Waals surface area contributed by atoms with Crippen molar-refractivity contribution in [2.24, 2.45) is 0 Å². The van der Waals surface area contributed by atoms with Gasteiger partial charge in [-0.15, -0.1) is 13.2 Å². The third-order valence-electron chi connectivity index (χ3n) is 4.06. The van der Waals surface area contributed by atoms with Gasteiger partial charge in [-0.1, -0.05) is 6.07 Å². The third kappa shape index (κ3) is 3.80. The Balaban J connectivity index is 2.41. The van der Waals surface area contributed by atoms with Crippen molar-refractivity contribution in [1.29, 1.82) is 0 Å². The Hall–Kier alpha value is -1.42. The van der Waals surface area contributed by atoms with Crippen molar-refractivity contribution in [3.8, 4) is 5.75 Å². The first-order valence-corrected chi connectivity index (χ1v) is 6.95. The standard InChI is InChI=1S/C14H15BF6O3/c1-11(2)12(3,4)24-15(23-11)8-5-6-10(22-14(19,20)21)9(7-8)13(16,17)18/h5-7H,1-4H3. The topological polar surface area (TPSA) is 27.7 Å². The van der Waals surface area contributed by atoms with Gasteiger partial charge in [0.15, 0.2) is 0 Å². The Morgan fingerprint density at radius 3 is 1.83 bits per heavy atom. The molecule has 1 heterocycles. The molecule has 1 aromatic carbocycles. The van der Waals surface area contributed by atoms with Crippen LogP contribution >= 0.6 is 0 Å². The van der Waals surface area contributed by atoms with Crippen molar-refractivity contribution < 1.29 is 40.4 Å². The Bertz CT molecular complexity index is 608. The number of alkyl halides is 6. The summed E-state index contributed by atoms with van der Waals surface area (Å²) >= 11 is 0. The van der Waals surface area contributed by atoms with Crippen LogP contribution in [0.3, 0.4) is 0 Å². The van der Waals surface area contributed by atoms with Crippen LogP contribution in [-0.2, 0) is 15.5 Å². The molecular weight excluding hydrogens is 341 g/mol. The Kier molecular flexibility index (Phi) is 4.38. The average Bonchev–Trinajstić information content (AvgIpc) is 2.55. The smallest absolute Gasteiger partial charge is 0.405 e. The van der Waals surface area contributed by atoms with E-state index in [0.717, 1.165) is 6.07 Å². The first-order chi connectivity index (χ1) is 10.6. The van der Waals surface area contributed by atoms with Crippen molar-refractivity contribution in [3.05, 3.63) is 23.8 Å². The van der Waals surface area contributed by atoms with Crippen LogP contribution < -0.4 is 10.2 Å². The van der Waals surface area contributed by atoms with E-state index in [-0.39, 0.29) is 5.46 Å². The molecule has 1 fully saturated rings. The van der Waals surface area contributed by atoms with Gasteiger partial charge in [-0.2, -0.15) is 13.2 Å². The first-order valence-electron chi connectivity index (χ1n) is 6.95. The fraction of sp³-hybridized carbons (Fsp3) is 0.571. The molecule has 0 N–H and O–H groups in total. The van der Waals surface area contributed by atoms with Crippen LogP contribution in [0.5, 0.6) is 5.75 Å². The average molecular weight is 356 g/mol. The largest absolute Gasteiger partial charge is 0.573 e. The molecule has 1 aromatic rings. The van der Waals surface area contributed by atoms with Crippen molar-refractivity contribution in [2.45, 2.75) is 51.4 Å². The van der Waals surface area contributed by atoms with Crippen LogP contribution in [0.4, 0.5) is 26.3 Å². The van der Waals surface area contributed by atoms with E-state index in [4.69, 9.17) is 9.31 Å². The number of hydrogen-bond donors (Lipinski definition) is 0. The van der Waals surface area contributed by atoms with Gasteiger partial charge in [0.1, 0.15) is 5.75 Å². The summed E-state index contributed by atoms with van der Waals surface area (Å²) in [4.78, 5) is 0. The van der Waals surface area contributed by atoms with Crippen LogP contribution in [0.25, 0.3) is 0 Å². The molecule has 1 aliphatic rings. The highest BCUT2D eigenvalue weighted by atomic mass is 19.4. The van der Waals surface area contributed by atoms with Gasteiger partial charge in [0.2, 0.25) is 0 Å². The van der Waals surface area contributed by atoms with E-state index in [1.54, 1.807) is 27.7 Å². The van der Waals surface area contributed by atoms with E-state index < -0.39 is 42.2 Å². The van der Waals surface area contributed by atoms with Crippen LogP contribution in [0, 0.1) is 0 Å². The molecule has 0 aromatic heterocycles. The maximum Gasteiger partial charge on any atom is 0.573 e. The molecule has 0 radical (unpaired) electrons. The molecule has 24 heavy (non-hydrogen) atoms. The fourth-order valence-electron chi connectivity index (χ4n) is 2.11. The predicted molar refractivity (Wildman–Crippen MR) is 73.8 cm³/mol. The van der Waals surface area contributed by atoms with Crippen molar-refractivity contribution in [1.82, 2.24) is 0 Å². The van der Waals surface area contributed by atoms with Gasteiger partial charge < -0.3 is 14.0 Å². The van der Waals surface area contributed by atoms with Crippen LogP contribution in [-0.4, -0.2) is 24.7 Å². The Labute approximate surface area is 135 Å². The van der Waals surface area contributed by atoms with Crippen LogP contribution in [0.15, 0.2) is 18.2 Å². The van der Waals surface area contributed by atoms with Gasteiger partial charge in [-0.3, -0.25) is 0 Å². The predicted octanol–water partition coefficient (Wildman–Crippen LogP) is 3.90. The van der Waals surface area contributed by atoms with Gasteiger partial charge in [-0.25, -0.2) is 0 Å². The summed E-state index contributed by atoms with van der Waals surface area (Å²) in [5, 5.41) is 0. The molecule has 1 saturated heterocycles. The zero-order valence-electron chi connectivity index (χ0n) is 13.3. The lowest BCUT2D eigenvalue weighted by atomic mass is 9.78. The molecule has 0 saturated carbocycles. The minimum Gasteiger partial charge on any atom is -0.405 e. The number of halogens is 6. The second kappa shape index (κ2) is 5.55. The highest BCUT2D eigenvalue weighted by molar-refractivity contribution is 6.62. The SMILES string of the molecule is CC1(C)OB(c2ccc(OC(F)(F)F)c(C(F)(F)F)c2)OC1(C)C. The monoisotopic (exact) mass is 356 g/mol. The van der Waals surface area contributed by atoms with Gasteiger partial charge >= 0.3 is 19.7 Å². The summed E-state index contributed by atoms with van der Waals surface area (Å²) in [6, 6.07) is 2.21. The van der Waals surface area contributed by atoms with Crippen LogP contribution in [0.2, 0.25) is 0 Å². The van der Waals surface area contributed by atoms with Crippen molar-refractivity contribution >= 4 is 12.6 Å². The lowest BCUT2D eigenvalue weighted by molar-refractivity contribution is -0.276. The molecule has 0 amide bonds. The van der Waals surface area contributed by atoms with Crippen LogP contribution in [0.1, 0.15) is 33.3 Å². The summed E-state index contributed by atoms with van der Waals surface area (Å²) in [6.07, 6.45) is -10.3. The first kappa shape index (κ1) is 18.9. The van der Waals surface area contributed by atoms with E-state index in [0.29, 0.717) is 12.1 Å². The molecule has 10 heteroatoms. The summed E-state index contributed by atoms with van der Waals surface area (Å²) in [7, 11) is -1.13. The zero-order chi connectivity index (χ0) is 18.6. The highest BCUT2D eigenvalue weighted by Gasteiger charge is 2.52. The van der Waals surface area contributed by atoms with E-state index in [2.05, 4.69) is 4.74 Å². The van der Waals surface area contributed by atoms with Gasteiger partial charge in [-0.05, 0) is 45.3 Å². The molecule has 2 rings (SSSR count). The number of benzene rings is 1. The number of rotatable bonds is 2. The second-order valence-electron chi connectivity index (χ2n) is 6.39. The minimum atomic E-state index is -5.23. The second-order valence-corrected chi connectivity index (χ2v) is 6.39. The van der Waals surface area contributed by atoms with E-state index in [1.807, 2.05) is 0 Å². The summed E-state index contributed by atoms with van der Waals surface area (Å²) < 4.78 is 90.7. The zero-order valence-corrected chi connectivity index (χ0v) is 13.3. The molecule has 0 spiro atoms. The summed E-state index contributed by atoms with van der Waals surface area (Å²) in [6.45, 7) is 6.83. The van der Waals surface area contributed by atoms with Gasteiger partial charge in [0.05, 0.1) is 16.8 Å². The lowest BCUT2D eigenvalue weighted by Gasteiger charge is -2.32. The van der Waals surface area contributed by atoms with E-state index in [9.17, 15) is 26.3 Å². The van der Waals surface area contributed by atoms with Crippen molar-refractivity contribution in [3.63, 3.8) is 0 Å². The molecular formula is C14H15BF6O3. The molecule has 0 bridgehead atoms. The van der Waals surface area contributed by atoms with Gasteiger partial charge in [0.25, 0.3) is 0 Å². The molecule has 0 atom stereocenters. The Morgan fingerprint density at radius 2 is 1.42 bits per heavy atom. The molecule has 0 aliphatic carbocycles. The maximum atomic E-state index is 13.1. The molecule has 1 aliphatic heterocycles. The quantitative estimate of drug-likeness (QED) is 0.594. The molecule has 0 unspecified atom stereocenters. The minimum absolute atomic E-state index is 0.0458. The number of hydrogen-bond acceptors (Lipinski definition) is 3. The van der Waals surface area contributed by atoms with E-state index >= 15 is 0 Å². The lowest BCUT2D eigenvalue weighted by Crippen LogP contribution is -2.41. The summed E-state index contributed by atoms with van der Waals surface area (Å²) in [5.41, 5.74) is -3.18. The highest BCUT2D eigenvalue weighted by Crippen LogP contribution is 2.40. The molecule has 134 valence electrons. The summed E-state index contributed by atoms with van der Waals surface area (Å²) in [5.74, 6) is -1.32. The van der Waals surface area contributed by atoms with Gasteiger partial charge in [0, 0.05) is 0 Å². The number of ether oxygens (including phenoxy) is 1.